The third-order valence-electron chi connectivity index (χ3n) is 3.23. The van der Waals surface area contributed by atoms with Gasteiger partial charge in [-0.3, -0.25) is 4.68 Å². The van der Waals surface area contributed by atoms with Crippen molar-refractivity contribution in [2.24, 2.45) is 0 Å². The molecule has 0 radical (unpaired) electrons. The Balaban J connectivity index is 1.99. The molecule has 5 heteroatoms. The fourth-order valence-electron chi connectivity index (χ4n) is 2.04. The number of aromatic nitrogens is 2. The summed E-state index contributed by atoms with van der Waals surface area (Å²) in [6.07, 6.45) is 3.78. The van der Waals surface area contributed by atoms with Crippen LogP contribution in [0.5, 0.6) is 0 Å². The number of anilines is 2. The Bertz CT molecular complexity index is 563. The smallest absolute Gasteiger partial charge is 0.0640 e. The lowest BCUT2D eigenvalue weighted by Crippen LogP contribution is -2.09. The minimum atomic E-state index is 0.111. The first-order chi connectivity index (χ1) is 9.60. The number of nitrogens with zero attached hydrogens (tertiary/aromatic N) is 3. The number of hydrogen-bond acceptors (Lipinski definition) is 4. The van der Waals surface area contributed by atoms with Crippen molar-refractivity contribution in [1.29, 1.82) is 0 Å². The molecular formula is C15H22N4O. The van der Waals surface area contributed by atoms with Crippen LogP contribution in [0.25, 0.3) is 0 Å². The van der Waals surface area contributed by atoms with Gasteiger partial charge in [-0.1, -0.05) is 0 Å². The Morgan fingerprint density at radius 3 is 2.80 bits per heavy atom. The van der Waals surface area contributed by atoms with Gasteiger partial charge in [0.2, 0.25) is 0 Å². The number of aryl methyl sites for hydroxylation is 1. The van der Waals surface area contributed by atoms with E-state index in [0.29, 0.717) is 6.54 Å². The van der Waals surface area contributed by atoms with Crippen molar-refractivity contribution >= 4 is 11.4 Å². The second kappa shape index (κ2) is 6.43. The number of aliphatic hydroxyl groups excluding tert-OH is 1. The predicted octanol–water partition coefficient (Wildman–Crippen LogP) is 1.86. The fraction of sp³-hybridized carbons (Fsp3) is 0.400. The molecule has 20 heavy (non-hydrogen) atoms. The van der Waals surface area contributed by atoms with Gasteiger partial charge in [-0.15, -0.1) is 0 Å². The van der Waals surface area contributed by atoms with E-state index in [1.54, 1.807) is 4.68 Å². The first-order valence-electron chi connectivity index (χ1n) is 6.74. The number of nitrogens with one attached hydrogen (secondary N) is 1. The van der Waals surface area contributed by atoms with E-state index < -0.39 is 0 Å². The molecule has 2 rings (SSSR count). The third kappa shape index (κ3) is 3.51. The fourth-order valence-corrected chi connectivity index (χ4v) is 2.04. The molecule has 0 spiro atoms. The monoisotopic (exact) mass is 274 g/mol. The highest BCUT2D eigenvalue weighted by Crippen LogP contribution is 2.21. The maximum absolute atomic E-state index is 8.86. The summed E-state index contributed by atoms with van der Waals surface area (Å²) in [6.45, 7) is 3.48. The van der Waals surface area contributed by atoms with Crippen molar-refractivity contribution in [2.75, 3.05) is 30.9 Å². The lowest BCUT2D eigenvalue weighted by Gasteiger charge is -2.15. The van der Waals surface area contributed by atoms with Crippen LogP contribution in [0.4, 0.5) is 11.4 Å². The van der Waals surface area contributed by atoms with Crippen molar-refractivity contribution in [3.8, 4) is 0 Å². The standard InChI is InChI=1S/C15H22N4O/c1-12-8-14(18(2)3)4-5-15(12)16-9-13-10-17-19(11-13)6-7-20/h4-5,8,10-11,16,20H,6-7,9H2,1-3H3. The maximum Gasteiger partial charge on any atom is 0.0640 e. The summed E-state index contributed by atoms with van der Waals surface area (Å²) in [4.78, 5) is 2.09. The summed E-state index contributed by atoms with van der Waals surface area (Å²) in [5, 5.41) is 16.5. The molecule has 1 heterocycles. The van der Waals surface area contributed by atoms with Crippen LogP contribution in [0, 0.1) is 6.92 Å². The quantitative estimate of drug-likeness (QED) is 0.844. The predicted molar refractivity (Wildman–Crippen MR) is 82.1 cm³/mol. The summed E-state index contributed by atoms with van der Waals surface area (Å²) in [7, 11) is 4.08. The molecule has 0 aliphatic carbocycles. The van der Waals surface area contributed by atoms with Crippen LogP contribution in [0.3, 0.4) is 0 Å². The summed E-state index contributed by atoms with van der Waals surface area (Å²) >= 11 is 0. The SMILES string of the molecule is Cc1cc(N(C)C)ccc1NCc1cnn(CCO)c1. The van der Waals surface area contributed by atoms with Crippen LogP contribution in [-0.2, 0) is 13.1 Å². The highest BCUT2D eigenvalue weighted by molar-refractivity contribution is 5.59. The van der Waals surface area contributed by atoms with Crippen molar-refractivity contribution in [3.05, 3.63) is 41.7 Å². The summed E-state index contributed by atoms with van der Waals surface area (Å²) in [5.74, 6) is 0. The zero-order chi connectivity index (χ0) is 14.5. The van der Waals surface area contributed by atoms with Crippen molar-refractivity contribution in [1.82, 2.24) is 9.78 Å². The second-order valence-corrected chi connectivity index (χ2v) is 5.08. The van der Waals surface area contributed by atoms with Gasteiger partial charge in [-0.2, -0.15) is 5.10 Å². The largest absolute Gasteiger partial charge is 0.394 e. The zero-order valence-corrected chi connectivity index (χ0v) is 12.3. The Morgan fingerprint density at radius 2 is 2.15 bits per heavy atom. The van der Waals surface area contributed by atoms with E-state index in [1.165, 1.54) is 11.3 Å². The number of rotatable bonds is 6. The average Bonchev–Trinajstić information content (AvgIpc) is 2.85. The summed E-state index contributed by atoms with van der Waals surface area (Å²) < 4.78 is 1.75. The number of hydrogen-bond donors (Lipinski definition) is 2. The highest BCUT2D eigenvalue weighted by atomic mass is 16.3. The van der Waals surface area contributed by atoms with Crippen LogP contribution < -0.4 is 10.2 Å². The second-order valence-electron chi connectivity index (χ2n) is 5.08. The van der Waals surface area contributed by atoms with Crippen molar-refractivity contribution in [2.45, 2.75) is 20.0 Å². The molecule has 1 aromatic carbocycles. The first kappa shape index (κ1) is 14.4. The normalized spacial score (nSPS) is 10.6. The van der Waals surface area contributed by atoms with E-state index in [0.717, 1.165) is 17.8 Å². The molecule has 0 unspecified atom stereocenters. The molecule has 0 amide bonds. The molecular weight excluding hydrogens is 252 g/mol. The molecule has 5 nitrogen and oxygen atoms in total. The van der Waals surface area contributed by atoms with Gasteiger partial charge < -0.3 is 15.3 Å². The Kier molecular flexibility index (Phi) is 4.63. The Labute approximate surface area is 119 Å². The van der Waals surface area contributed by atoms with Crippen LogP contribution in [0.1, 0.15) is 11.1 Å². The first-order valence-corrected chi connectivity index (χ1v) is 6.74. The van der Waals surface area contributed by atoms with Gasteiger partial charge in [-0.25, -0.2) is 0 Å². The molecule has 0 aliphatic rings. The maximum atomic E-state index is 8.86. The van der Waals surface area contributed by atoms with Crippen LogP contribution >= 0.6 is 0 Å². The topological polar surface area (TPSA) is 53.3 Å². The van der Waals surface area contributed by atoms with Gasteiger partial charge >= 0.3 is 0 Å². The molecule has 0 bridgehead atoms. The van der Waals surface area contributed by atoms with Gasteiger partial charge in [0.25, 0.3) is 0 Å². The number of benzene rings is 1. The van der Waals surface area contributed by atoms with E-state index >= 15 is 0 Å². The molecule has 1 aromatic heterocycles. The lowest BCUT2D eigenvalue weighted by molar-refractivity contribution is 0.269. The minimum Gasteiger partial charge on any atom is -0.394 e. The molecule has 2 N–H and O–H groups in total. The molecule has 0 fully saturated rings. The van der Waals surface area contributed by atoms with Crippen molar-refractivity contribution in [3.63, 3.8) is 0 Å². The molecule has 0 saturated carbocycles. The van der Waals surface area contributed by atoms with Crippen LogP contribution in [-0.4, -0.2) is 35.6 Å². The van der Waals surface area contributed by atoms with Gasteiger partial charge in [0.05, 0.1) is 19.3 Å². The van der Waals surface area contributed by atoms with E-state index in [-0.39, 0.29) is 6.61 Å². The minimum absolute atomic E-state index is 0.111. The van der Waals surface area contributed by atoms with Gasteiger partial charge in [-0.05, 0) is 30.7 Å². The molecule has 2 aromatic rings. The van der Waals surface area contributed by atoms with Crippen molar-refractivity contribution < 1.29 is 5.11 Å². The van der Waals surface area contributed by atoms with E-state index in [9.17, 15) is 0 Å². The zero-order valence-electron chi connectivity index (χ0n) is 12.3. The Morgan fingerprint density at radius 1 is 1.35 bits per heavy atom. The average molecular weight is 274 g/mol. The molecule has 0 atom stereocenters. The van der Waals surface area contributed by atoms with E-state index in [4.69, 9.17) is 5.11 Å². The van der Waals surface area contributed by atoms with E-state index in [1.807, 2.05) is 26.5 Å². The molecule has 0 saturated heterocycles. The van der Waals surface area contributed by atoms with E-state index in [2.05, 4.69) is 40.4 Å². The van der Waals surface area contributed by atoms with Crippen LogP contribution in [0.15, 0.2) is 30.6 Å². The molecule has 0 aliphatic heterocycles. The van der Waals surface area contributed by atoms with Gasteiger partial charge in [0.15, 0.2) is 0 Å². The highest BCUT2D eigenvalue weighted by Gasteiger charge is 2.03. The van der Waals surface area contributed by atoms with Gasteiger partial charge in [0.1, 0.15) is 0 Å². The molecule has 108 valence electrons. The number of aliphatic hydroxyl groups is 1. The lowest BCUT2D eigenvalue weighted by atomic mass is 10.1. The van der Waals surface area contributed by atoms with Crippen LogP contribution in [0.2, 0.25) is 0 Å². The Hall–Kier alpha value is -2.01. The summed E-state index contributed by atoms with van der Waals surface area (Å²) in [6, 6.07) is 6.37. The third-order valence-corrected chi connectivity index (χ3v) is 3.23. The van der Waals surface area contributed by atoms with Gasteiger partial charge in [0, 0.05) is 43.8 Å². The summed E-state index contributed by atoms with van der Waals surface area (Å²) in [5.41, 5.74) is 4.66.